The van der Waals surface area contributed by atoms with E-state index >= 15 is 0 Å². The average Bonchev–Trinajstić information content (AvgIpc) is 2.51. The number of carboxylic acid groups (broad SMARTS) is 1. The van der Waals surface area contributed by atoms with Crippen LogP contribution < -0.4 is 51.4 Å². The zero-order valence-corrected chi connectivity index (χ0v) is 20.5. The number of aliphatic carboxylic acids is 1. The first-order valence-corrected chi connectivity index (χ1v) is 11.0. The summed E-state index contributed by atoms with van der Waals surface area (Å²) in [5.41, 5.74) is 0. The van der Waals surface area contributed by atoms with E-state index in [0.29, 0.717) is 19.3 Å². The van der Waals surface area contributed by atoms with Gasteiger partial charge in [-0.25, -0.2) is 8.42 Å². The van der Waals surface area contributed by atoms with Crippen molar-refractivity contribution in [2.75, 3.05) is 0 Å². The molecular formula is C18H35KO6S. The number of unbranched alkanes of at least 4 members (excludes halogenated alkanes) is 10. The summed E-state index contributed by atoms with van der Waals surface area (Å²) in [7, 11) is -4.65. The maximum absolute atomic E-state index is 10.9. The second-order valence-electron chi connectivity index (χ2n) is 6.74. The Morgan fingerprint density at radius 2 is 1.31 bits per heavy atom. The van der Waals surface area contributed by atoms with Crippen LogP contribution in [0.2, 0.25) is 0 Å². The van der Waals surface area contributed by atoms with E-state index in [1.807, 2.05) is 0 Å². The molecule has 0 saturated heterocycles. The van der Waals surface area contributed by atoms with E-state index in [-0.39, 0.29) is 57.8 Å². The molecule has 150 valence electrons. The van der Waals surface area contributed by atoms with Crippen molar-refractivity contribution in [1.29, 1.82) is 0 Å². The fourth-order valence-corrected chi connectivity index (χ4v) is 3.44. The van der Waals surface area contributed by atoms with Gasteiger partial charge in [-0.2, -0.15) is 0 Å². The van der Waals surface area contributed by atoms with Gasteiger partial charge in [0.15, 0.2) is 0 Å². The summed E-state index contributed by atoms with van der Waals surface area (Å²) in [5.74, 6) is -0.774. The third-order valence-corrected chi connectivity index (χ3v) is 4.81. The van der Waals surface area contributed by atoms with Gasteiger partial charge in [0.1, 0.15) is 0 Å². The Hall–Kier alpha value is 0.976. The minimum absolute atomic E-state index is 0. The SMILES string of the molecule is CCCCCCCCCC(CCCCCCCC(=O)O)OS(=O)(=O)[O-].[K+]. The summed E-state index contributed by atoms with van der Waals surface area (Å²) in [6.07, 6.45) is 13.0. The normalized spacial score (nSPS) is 12.5. The van der Waals surface area contributed by atoms with Gasteiger partial charge in [0.05, 0.1) is 6.10 Å². The zero-order chi connectivity index (χ0) is 19.0. The number of rotatable bonds is 18. The summed E-state index contributed by atoms with van der Waals surface area (Å²) in [4.78, 5) is 10.4. The molecule has 0 rings (SSSR count). The van der Waals surface area contributed by atoms with E-state index in [1.165, 1.54) is 25.7 Å². The van der Waals surface area contributed by atoms with Gasteiger partial charge < -0.3 is 9.66 Å². The van der Waals surface area contributed by atoms with E-state index in [2.05, 4.69) is 11.1 Å². The fourth-order valence-electron chi connectivity index (χ4n) is 2.91. The second kappa shape index (κ2) is 19.3. The summed E-state index contributed by atoms with van der Waals surface area (Å²) in [6, 6.07) is 0. The van der Waals surface area contributed by atoms with Crippen molar-refractivity contribution in [2.45, 2.75) is 109 Å². The molecule has 26 heavy (non-hydrogen) atoms. The molecule has 0 aliphatic rings. The van der Waals surface area contributed by atoms with Crippen molar-refractivity contribution in [1.82, 2.24) is 0 Å². The monoisotopic (exact) mass is 418 g/mol. The van der Waals surface area contributed by atoms with Crippen LogP contribution in [0.15, 0.2) is 0 Å². The van der Waals surface area contributed by atoms with Gasteiger partial charge in [0.25, 0.3) is 0 Å². The number of hydrogen-bond acceptors (Lipinski definition) is 5. The summed E-state index contributed by atoms with van der Waals surface area (Å²) in [5, 5.41) is 8.56. The number of hydrogen-bond donors (Lipinski definition) is 1. The maximum Gasteiger partial charge on any atom is 1.00 e. The van der Waals surface area contributed by atoms with E-state index in [1.54, 1.807) is 0 Å². The van der Waals surface area contributed by atoms with Gasteiger partial charge in [-0.05, 0) is 19.3 Å². The van der Waals surface area contributed by atoms with Crippen molar-refractivity contribution in [3.63, 3.8) is 0 Å². The molecule has 0 aliphatic heterocycles. The summed E-state index contributed by atoms with van der Waals surface area (Å²) < 4.78 is 37.2. The van der Waals surface area contributed by atoms with Gasteiger partial charge in [0.2, 0.25) is 10.4 Å². The first-order valence-electron chi connectivity index (χ1n) is 9.71. The van der Waals surface area contributed by atoms with Crippen LogP contribution in [0, 0.1) is 0 Å². The van der Waals surface area contributed by atoms with Crippen LogP contribution in [0.25, 0.3) is 0 Å². The Labute approximate surface area is 202 Å². The van der Waals surface area contributed by atoms with Crippen LogP contribution in [-0.4, -0.2) is 30.2 Å². The molecule has 0 aliphatic carbocycles. The predicted octanol–water partition coefficient (Wildman–Crippen LogP) is 1.79. The Kier molecular flexibility index (Phi) is 21.7. The third-order valence-electron chi connectivity index (χ3n) is 4.30. The molecule has 1 unspecified atom stereocenters. The Balaban J connectivity index is 0. The molecule has 0 heterocycles. The molecule has 0 saturated carbocycles. The standard InChI is InChI=1S/C18H36O6S.K/c1-2-3-4-5-6-8-11-14-17(24-25(21,22)23)15-12-9-7-10-13-16-18(19)20;/h17H,2-16H2,1H3,(H,19,20)(H,21,22,23);/q;+1/p-1. The Morgan fingerprint density at radius 1 is 0.885 bits per heavy atom. The van der Waals surface area contributed by atoms with Crippen LogP contribution in [0.4, 0.5) is 0 Å². The molecule has 0 radical (unpaired) electrons. The van der Waals surface area contributed by atoms with Gasteiger partial charge in [-0.3, -0.25) is 8.98 Å². The zero-order valence-electron chi connectivity index (χ0n) is 16.6. The van der Waals surface area contributed by atoms with Crippen molar-refractivity contribution >= 4 is 16.4 Å². The van der Waals surface area contributed by atoms with Crippen LogP contribution >= 0.6 is 0 Å². The number of carboxylic acids is 1. The summed E-state index contributed by atoms with van der Waals surface area (Å²) >= 11 is 0. The van der Waals surface area contributed by atoms with Gasteiger partial charge in [-0.15, -0.1) is 0 Å². The van der Waals surface area contributed by atoms with Gasteiger partial charge >= 0.3 is 57.4 Å². The smallest absolute Gasteiger partial charge is 0.726 e. The molecule has 0 aromatic carbocycles. The van der Waals surface area contributed by atoms with Gasteiger partial charge in [-0.1, -0.05) is 77.6 Å². The molecule has 0 aromatic heterocycles. The molecule has 8 heteroatoms. The molecule has 0 bridgehead atoms. The largest absolute Gasteiger partial charge is 1.00 e. The average molecular weight is 419 g/mol. The number of carbonyl (C=O) groups is 1. The van der Waals surface area contributed by atoms with Crippen molar-refractivity contribution in [3.05, 3.63) is 0 Å². The minimum Gasteiger partial charge on any atom is -0.726 e. The fraction of sp³-hybridized carbons (Fsp3) is 0.944. The van der Waals surface area contributed by atoms with E-state index in [4.69, 9.17) is 5.11 Å². The first kappa shape index (κ1) is 29.2. The molecule has 0 aromatic rings. The van der Waals surface area contributed by atoms with E-state index in [9.17, 15) is 17.8 Å². The predicted molar refractivity (Wildman–Crippen MR) is 97.1 cm³/mol. The maximum atomic E-state index is 10.9. The van der Waals surface area contributed by atoms with Crippen molar-refractivity contribution in [3.8, 4) is 0 Å². The van der Waals surface area contributed by atoms with Crippen LogP contribution in [0.1, 0.15) is 103 Å². The van der Waals surface area contributed by atoms with Crippen LogP contribution in [0.5, 0.6) is 0 Å². The van der Waals surface area contributed by atoms with Crippen molar-refractivity contribution < 1.29 is 78.4 Å². The quantitative estimate of drug-likeness (QED) is 0.157. The Morgan fingerprint density at radius 3 is 1.73 bits per heavy atom. The molecule has 1 atom stereocenters. The van der Waals surface area contributed by atoms with E-state index in [0.717, 1.165) is 44.9 Å². The molecule has 6 nitrogen and oxygen atoms in total. The van der Waals surface area contributed by atoms with Crippen LogP contribution in [0.3, 0.4) is 0 Å². The first-order chi connectivity index (χ1) is 11.8. The molecule has 0 fully saturated rings. The van der Waals surface area contributed by atoms with Crippen molar-refractivity contribution in [2.24, 2.45) is 0 Å². The Bertz CT molecular complexity index is 427. The van der Waals surface area contributed by atoms with Crippen LogP contribution in [-0.2, 0) is 19.4 Å². The topological polar surface area (TPSA) is 104 Å². The molecular weight excluding hydrogens is 383 g/mol. The molecule has 0 spiro atoms. The molecule has 0 amide bonds. The molecule has 1 N–H and O–H groups in total. The summed E-state index contributed by atoms with van der Waals surface area (Å²) in [6.45, 7) is 2.18. The minimum atomic E-state index is -4.65. The third kappa shape index (κ3) is 23.0. The van der Waals surface area contributed by atoms with E-state index < -0.39 is 22.5 Å². The second-order valence-corrected chi connectivity index (χ2v) is 7.75. The van der Waals surface area contributed by atoms with Gasteiger partial charge in [0, 0.05) is 6.42 Å².